The lowest BCUT2D eigenvalue weighted by atomic mass is 9.86. The van der Waals surface area contributed by atoms with Crippen molar-refractivity contribution >= 4 is 5.96 Å². The fourth-order valence-corrected chi connectivity index (χ4v) is 4.48. The number of guanidine groups is 1. The molecule has 1 aromatic rings. The molecule has 0 aromatic heterocycles. The first-order valence-electron chi connectivity index (χ1n) is 11.4. The van der Waals surface area contributed by atoms with Crippen molar-refractivity contribution in [2.24, 2.45) is 16.3 Å². The molecule has 162 valence electrons. The van der Waals surface area contributed by atoms with Crippen LogP contribution in [0.1, 0.15) is 38.7 Å². The summed E-state index contributed by atoms with van der Waals surface area (Å²) in [7, 11) is 1.92. The Morgan fingerprint density at radius 3 is 2.66 bits per heavy atom. The summed E-state index contributed by atoms with van der Waals surface area (Å²) in [6, 6.07) is 10.8. The summed E-state index contributed by atoms with van der Waals surface area (Å²) in [6.45, 7) is 13.1. The van der Waals surface area contributed by atoms with Gasteiger partial charge in [-0.3, -0.25) is 9.89 Å². The second-order valence-corrected chi connectivity index (χ2v) is 9.42. The molecule has 5 heteroatoms. The van der Waals surface area contributed by atoms with Crippen molar-refractivity contribution in [3.63, 3.8) is 0 Å². The summed E-state index contributed by atoms with van der Waals surface area (Å²) in [6.07, 6.45) is 4.86. The number of rotatable bonds is 8. The molecule has 3 rings (SSSR count). The van der Waals surface area contributed by atoms with E-state index in [9.17, 15) is 0 Å². The molecule has 0 bridgehead atoms. The van der Waals surface area contributed by atoms with E-state index in [1.54, 1.807) is 0 Å². The highest BCUT2D eigenvalue weighted by Crippen LogP contribution is 2.23. The number of likely N-dealkylation sites (tertiary alicyclic amines) is 1. The third-order valence-electron chi connectivity index (χ3n) is 6.30. The largest absolute Gasteiger partial charge is 0.379 e. The second kappa shape index (κ2) is 11.0. The van der Waals surface area contributed by atoms with Gasteiger partial charge in [0.1, 0.15) is 0 Å². The van der Waals surface area contributed by atoms with E-state index in [2.05, 4.69) is 64.3 Å². The van der Waals surface area contributed by atoms with Crippen LogP contribution < -0.4 is 5.32 Å². The van der Waals surface area contributed by atoms with E-state index in [0.717, 1.165) is 64.2 Å². The Morgan fingerprint density at radius 1 is 1.17 bits per heavy atom. The van der Waals surface area contributed by atoms with E-state index in [0.29, 0.717) is 0 Å². The number of nitrogens with one attached hydrogen (secondary N) is 1. The third kappa shape index (κ3) is 7.31. The minimum absolute atomic E-state index is 0.262. The predicted molar refractivity (Wildman–Crippen MR) is 121 cm³/mol. The van der Waals surface area contributed by atoms with Gasteiger partial charge in [0.15, 0.2) is 5.96 Å². The lowest BCUT2D eigenvalue weighted by molar-refractivity contribution is 0.0315. The molecule has 0 saturated carbocycles. The number of ether oxygens (including phenoxy) is 1. The Kier molecular flexibility index (Phi) is 8.37. The van der Waals surface area contributed by atoms with Crippen molar-refractivity contribution in [2.75, 3.05) is 59.5 Å². The maximum Gasteiger partial charge on any atom is 0.193 e. The number of morpholine rings is 1. The summed E-state index contributed by atoms with van der Waals surface area (Å²) >= 11 is 0. The van der Waals surface area contributed by atoms with Crippen molar-refractivity contribution in [1.82, 2.24) is 15.1 Å². The molecule has 5 nitrogen and oxygen atoms in total. The van der Waals surface area contributed by atoms with Gasteiger partial charge in [-0.15, -0.1) is 0 Å². The summed E-state index contributed by atoms with van der Waals surface area (Å²) < 4.78 is 5.48. The Morgan fingerprint density at radius 2 is 1.93 bits per heavy atom. The third-order valence-corrected chi connectivity index (χ3v) is 6.30. The number of hydrogen-bond donors (Lipinski definition) is 1. The van der Waals surface area contributed by atoms with Crippen LogP contribution in [-0.4, -0.2) is 75.3 Å². The van der Waals surface area contributed by atoms with Gasteiger partial charge in [0.25, 0.3) is 0 Å². The molecule has 2 heterocycles. The Balaban J connectivity index is 1.38. The minimum Gasteiger partial charge on any atom is -0.379 e. The molecule has 1 aromatic carbocycles. The molecule has 2 aliphatic heterocycles. The van der Waals surface area contributed by atoms with E-state index in [4.69, 9.17) is 4.74 Å². The lowest BCUT2D eigenvalue weighted by Crippen LogP contribution is -2.44. The van der Waals surface area contributed by atoms with Crippen molar-refractivity contribution < 1.29 is 4.74 Å². The zero-order valence-corrected chi connectivity index (χ0v) is 18.7. The van der Waals surface area contributed by atoms with Crippen molar-refractivity contribution in [3.8, 4) is 0 Å². The molecular weight excluding hydrogens is 360 g/mol. The van der Waals surface area contributed by atoms with Crippen molar-refractivity contribution in [2.45, 2.75) is 39.5 Å². The Labute approximate surface area is 177 Å². The van der Waals surface area contributed by atoms with Gasteiger partial charge in [-0.05, 0) is 42.6 Å². The first kappa shape index (κ1) is 22.1. The number of aryl methyl sites for hydroxylation is 1. The van der Waals surface area contributed by atoms with E-state index >= 15 is 0 Å². The molecule has 1 atom stereocenters. The standard InChI is InChI=1S/C24H40N4O/c1-24(2,12-7-10-21-8-5-4-6-9-21)20-26-23(25-3)28-13-11-22(19-28)18-27-14-16-29-17-15-27/h4-6,8-9,22H,7,10-20H2,1-3H3,(H,25,26). The van der Waals surface area contributed by atoms with Gasteiger partial charge >= 0.3 is 0 Å². The van der Waals surface area contributed by atoms with Gasteiger partial charge in [0.2, 0.25) is 0 Å². The molecular formula is C24H40N4O. The Hall–Kier alpha value is -1.59. The summed E-state index contributed by atoms with van der Waals surface area (Å²) in [5.74, 6) is 1.82. The van der Waals surface area contributed by atoms with Crippen LogP contribution in [0, 0.1) is 11.3 Å². The summed E-state index contributed by atoms with van der Waals surface area (Å²) in [5.41, 5.74) is 1.70. The van der Waals surface area contributed by atoms with Gasteiger partial charge in [-0.1, -0.05) is 44.2 Å². The van der Waals surface area contributed by atoms with Crippen LogP contribution in [0.5, 0.6) is 0 Å². The highest BCUT2D eigenvalue weighted by molar-refractivity contribution is 5.80. The van der Waals surface area contributed by atoms with Crippen LogP contribution in [0.15, 0.2) is 35.3 Å². The van der Waals surface area contributed by atoms with Gasteiger partial charge in [0.05, 0.1) is 13.2 Å². The van der Waals surface area contributed by atoms with Crippen molar-refractivity contribution in [1.29, 1.82) is 0 Å². The van der Waals surface area contributed by atoms with Crippen LogP contribution in [-0.2, 0) is 11.2 Å². The monoisotopic (exact) mass is 400 g/mol. The van der Waals surface area contributed by atoms with Crippen LogP contribution in [0.4, 0.5) is 0 Å². The van der Waals surface area contributed by atoms with Crippen LogP contribution >= 0.6 is 0 Å². The van der Waals surface area contributed by atoms with Gasteiger partial charge in [-0.25, -0.2) is 0 Å². The number of nitrogens with zero attached hydrogens (tertiary/aromatic N) is 3. The number of benzene rings is 1. The Bertz CT molecular complexity index is 625. The summed E-state index contributed by atoms with van der Waals surface area (Å²) in [4.78, 5) is 9.59. The van der Waals surface area contributed by atoms with E-state index in [1.807, 2.05) is 7.05 Å². The van der Waals surface area contributed by atoms with E-state index < -0.39 is 0 Å². The quantitative estimate of drug-likeness (QED) is 0.537. The molecule has 0 radical (unpaired) electrons. The van der Waals surface area contributed by atoms with E-state index in [-0.39, 0.29) is 5.41 Å². The zero-order chi connectivity index (χ0) is 20.5. The minimum atomic E-state index is 0.262. The smallest absolute Gasteiger partial charge is 0.193 e. The van der Waals surface area contributed by atoms with Crippen LogP contribution in [0.3, 0.4) is 0 Å². The molecule has 1 N–H and O–H groups in total. The topological polar surface area (TPSA) is 40.1 Å². The molecule has 0 amide bonds. The number of hydrogen-bond acceptors (Lipinski definition) is 3. The van der Waals surface area contributed by atoms with Crippen LogP contribution in [0.2, 0.25) is 0 Å². The van der Waals surface area contributed by atoms with Crippen molar-refractivity contribution in [3.05, 3.63) is 35.9 Å². The predicted octanol–water partition coefficient (Wildman–Crippen LogP) is 3.27. The van der Waals surface area contributed by atoms with E-state index in [1.165, 1.54) is 31.4 Å². The average molecular weight is 401 g/mol. The maximum atomic E-state index is 5.48. The molecule has 0 aliphatic carbocycles. The molecule has 2 aliphatic rings. The zero-order valence-electron chi connectivity index (χ0n) is 18.7. The lowest BCUT2D eigenvalue weighted by Gasteiger charge is -2.30. The number of aliphatic imine (C=N–C) groups is 1. The highest BCUT2D eigenvalue weighted by Gasteiger charge is 2.28. The summed E-state index contributed by atoms with van der Waals surface area (Å²) in [5, 5.41) is 3.67. The van der Waals surface area contributed by atoms with Crippen LogP contribution in [0.25, 0.3) is 0 Å². The molecule has 1 unspecified atom stereocenters. The first-order valence-corrected chi connectivity index (χ1v) is 11.4. The molecule has 2 fully saturated rings. The second-order valence-electron chi connectivity index (χ2n) is 9.42. The SMILES string of the molecule is CN=C(NCC(C)(C)CCCc1ccccc1)N1CCC(CN2CCOCC2)C1. The fourth-order valence-electron chi connectivity index (χ4n) is 4.48. The molecule has 2 saturated heterocycles. The average Bonchev–Trinajstić information content (AvgIpc) is 3.18. The molecule has 29 heavy (non-hydrogen) atoms. The van der Waals surface area contributed by atoms with Gasteiger partial charge in [0, 0.05) is 46.3 Å². The maximum absolute atomic E-state index is 5.48. The van der Waals surface area contributed by atoms with Gasteiger partial charge in [-0.2, -0.15) is 0 Å². The molecule has 0 spiro atoms. The first-order chi connectivity index (χ1) is 14.1. The highest BCUT2D eigenvalue weighted by atomic mass is 16.5. The van der Waals surface area contributed by atoms with Gasteiger partial charge < -0.3 is 15.0 Å². The fraction of sp³-hybridized carbons (Fsp3) is 0.708. The normalized spacial score (nSPS) is 21.6.